The van der Waals surface area contributed by atoms with Crippen molar-refractivity contribution in [3.63, 3.8) is 0 Å². The molecular formula is C13H23N3O2. The van der Waals surface area contributed by atoms with E-state index >= 15 is 0 Å². The minimum atomic E-state index is -0.706. The van der Waals surface area contributed by atoms with Crippen LogP contribution in [-0.2, 0) is 9.59 Å². The number of hydrogen-bond acceptors (Lipinski definition) is 3. The van der Waals surface area contributed by atoms with Crippen LogP contribution in [0.5, 0.6) is 0 Å². The smallest absolute Gasteiger partial charge is 0.245 e. The number of nitrogens with one attached hydrogen (secondary N) is 2. The average molecular weight is 253 g/mol. The number of carbonyl (C=O) groups is 2. The normalized spacial score (nSPS) is 24.8. The van der Waals surface area contributed by atoms with Crippen molar-refractivity contribution in [1.82, 2.24) is 15.5 Å². The summed E-state index contributed by atoms with van der Waals surface area (Å²) in [6.45, 7) is 6.84. The van der Waals surface area contributed by atoms with Crippen LogP contribution in [0.1, 0.15) is 33.1 Å². The van der Waals surface area contributed by atoms with Gasteiger partial charge in [-0.3, -0.25) is 9.59 Å². The molecule has 2 aliphatic heterocycles. The van der Waals surface area contributed by atoms with Gasteiger partial charge in [-0.1, -0.05) is 0 Å². The van der Waals surface area contributed by atoms with Gasteiger partial charge in [0.1, 0.15) is 5.54 Å². The van der Waals surface area contributed by atoms with E-state index in [4.69, 9.17) is 0 Å². The Morgan fingerprint density at radius 3 is 2.67 bits per heavy atom. The van der Waals surface area contributed by atoms with E-state index < -0.39 is 5.54 Å². The summed E-state index contributed by atoms with van der Waals surface area (Å²) in [5.41, 5.74) is -0.706. The summed E-state index contributed by atoms with van der Waals surface area (Å²) in [6, 6.07) is 0. The molecule has 0 aromatic heterocycles. The lowest BCUT2D eigenvalue weighted by molar-refractivity contribution is -0.149. The maximum Gasteiger partial charge on any atom is 0.245 e. The fraction of sp³-hybridized carbons (Fsp3) is 0.846. The Kier molecular flexibility index (Phi) is 3.90. The highest BCUT2D eigenvalue weighted by Crippen LogP contribution is 2.23. The maximum absolute atomic E-state index is 12.4. The van der Waals surface area contributed by atoms with Crippen molar-refractivity contribution in [3.05, 3.63) is 0 Å². The Morgan fingerprint density at radius 1 is 1.33 bits per heavy atom. The quantitative estimate of drug-likeness (QED) is 0.734. The van der Waals surface area contributed by atoms with Crippen LogP contribution in [0, 0.1) is 5.92 Å². The highest BCUT2D eigenvalue weighted by molar-refractivity contribution is 5.91. The Morgan fingerprint density at radius 2 is 2.00 bits per heavy atom. The molecule has 2 saturated heterocycles. The van der Waals surface area contributed by atoms with E-state index in [2.05, 4.69) is 10.6 Å². The lowest BCUT2D eigenvalue weighted by Crippen LogP contribution is -2.63. The van der Waals surface area contributed by atoms with Crippen LogP contribution in [0.15, 0.2) is 0 Å². The first-order valence-corrected chi connectivity index (χ1v) is 6.81. The number of piperidine rings is 1. The van der Waals surface area contributed by atoms with Gasteiger partial charge in [-0.15, -0.1) is 0 Å². The molecule has 2 rings (SSSR count). The fourth-order valence-electron chi connectivity index (χ4n) is 2.78. The molecule has 0 aromatic rings. The molecule has 2 N–H and O–H groups in total. The third-order valence-corrected chi connectivity index (χ3v) is 4.07. The van der Waals surface area contributed by atoms with Gasteiger partial charge < -0.3 is 15.5 Å². The predicted molar refractivity (Wildman–Crippen MR) is 69.0 cm³/mol. The predicted octanol–water partition coefficient (Wildman–Crippen LogP) is 0.113. The molecule has 5 nitrogen and oxygen atoms in total. The molecule has 0 spiro atoms. The van der Waals surface area contributed by atoms with Crippen LogP contribution >= 0.6 is 0 Å². The molecule has 0 unspecified atom stereocenters. The van der Waals surface area contributed by atoms with Crippen molar-refractivity contribution in [2.24, 2.45) is 5.92 Å². The van der Waals surface area contributed by atoms with Crippen LogP contribution < -0.4 is 10.6 Å². The van der Waals surface area contributed by atoms with Crippen molar-refractivity contribution in [1.29, 1.82) is 0 Å². The topological polar surface area (TPSA) is 61.4 Å². The van der Waals surface area contributed by atoms with E-state index in [9.17, 15) is 9.59 Å². The van der Waals surface area contributed by atoms with Gasteiger partial charge in [0.2, 0.25) is 11.8 Å². The summed E-state index contributed by atoms with van der Waals surface area (Å²) in [5, 5.41) is 6.12. The first kappa shape index (κ1) is 13.3. The Labute approximate surface area is 108 Å². The van der Waals surface area contributed by atoms with Gasteiger partial charge in [0.05, 0.1) is 0 Å². The van der Waals surface area contributed by atoms with E-state index in [0.717, 1.165) is 25.9 Å². The lowest BCUT2D eigenvalue weighted by Gasteiger charge is -2.42. The zero-order valence-corrected chi connectivity index (χ0v) is 11.3. The number of nitrogens with zero attached hydrogens (tertiary/aromatic N) is 1. The third-order valence-electron chi connectivity index (χ3n) is 4.07. The third kappa shape index (κ3) is 2.66. The van der Waals surface area contributed by atoms with E-state index in [1.165, 1.54) is 0 Å². The van der Waals surface area contributed by atoms with Crippen LogP contribution in [0.3, 0.4) is 0 Å². The molecule has 0 saturated carbocycles. The number of amides is 2. The van der Waals surface area contributed by atoms with Gasteiger partial charge in [-0.25, -0.2) is 0 Å². The molecule has 0 aromatic carbocycles. The highest BCUT2D eigenvalue weighted by atomic mass is 16.2. The number of carbonyl (C=O) groups excluding carboxylic acids is 2. The molecule has 2 fully saturated rings. The van der Waals surface area contributed by atoms with Crippen molar-refractivity contribution < 1.29 is 9.59 Å². The molecule has 5 heteroatoms. The summed E-state index contributed by atoms with van der Waals surface area (Å²) in [5.74, 6) is 0.550. The second-order valence-electron chi connectivity index (χ2n) is 5.76. The zero-order valence-electron chi connectivity index (χ0n) is 11.3. The molecular weight excluding hydrogens is 230 g/mol. The van der Waals surface area contributed by atoms with Crippen molar-refractivity contribution in [2.75, 3.05) is 26.2 Å². The molecule has 0 radical (unpaired) electrons. The Balaban J connectivity index is 1.96. The van der Waals surface area contributed by atoms with Crippen LogP contribution in [0.25, 0.3) is 0 Å². The van der Waals surface area contributed by atoms with Crippen LogP contribution in [-0.4, -0.2) is 48.4 Å². The summed E-state index contributed by atoms with van der Waals surface area (Å²) in [7, 11) is 0. The summed E-state index contributed by atoms with van der Waals surface area (Å²) in [6.07, 6.45) is 2.71. The van der Waals surface area contributed by atoms with Gasteiger partial charge >= 0.3 is 0 Å². The Hall–Kier alpha value is -1.10. The summed E-state index contributed by atoms with van der Waals surface area (Å²) < 4.78 is 0. The van der Waals surface area contributed by atoms with Gasteiger partial charge in [0, 0.05) is 19.5 Å². The molecule has 2 aliphatic rings. The molecule has 2 heterocycles. The Bertz CT molecular complexity index is 335. The fourth-order valence-corrected chi connectivity index (χ4v) is 2.78. The first-order chi connectivity index (χ1) is 8.51. The molecule has 102 valence electrons. The van der Waals surface area contributed by atoms with Gasteiger partial charge in [0.15, 0.2) is 0 Å². The second-order valence-corrected chi connectivity index (χ2v) is 5.76. The summed E-state index contributed by atoms with van der Waals surface area (Å²) in [4.78, 5) is 25.9. The van der Waals surface area contributed by atoms with Gasteiger partial charge in [0.25, 0.3) is 0 Å². The van der Waals surface area contributed by atoms with Gasteiger partial charge in [-0.2, -0.15) is 0 Å². The zero-order chi connectivity index (χ0) is 13.2. The SMILES string of the molecule is CC1(C)C(=O)NCCN1C(=O)CC1CCNCC1. The average Bonchev–Trinajstić information content (AvgIpc) is 2.33. The standard InChI is InChI=1S/C13H23N3O2/c1-13(2)12(18)15-7-8-16(13)11(17)9-10-3-5-14-6-4-10/h10,14H,3-9H2,1-2H3,(H,15,18). The maximum atomic E-state index is 12.4. The monoisotopic (exact) mass is 253 g/mol. The molecule has 2 amide bonds. The van der Waals surface area contributed by atoms with Crippen LogP contribution in [0.4, 0.5) is 0 Å². The first-order valence-electron chi connectivity index (χ1n) is 6.81. The molecule has 0 atom stereocenters. The van der Waals surface area contributed by atoms with E-state index in [1.807, 2.05) is 13.8 Å². The van der Waals surface area contributed by atoms with E-state index in [1.54, 1.807) is 4.90 Å². The van der Waals surface area contributed by atoms with Gasteiger partial charge in [-0.05, 0) is 45.7 Å². The molecule has 0 bridgehead atoms. The van der Waals surface area contributed by atoms with Crippen molar-refractivity contribution in [3.8, 4) is 0 Å². The highest BCUT2D eigenvalue weighted by Gasteiger charge is 2.40. The minimum Gasteiger partial charge on any atom is -0.352 e. The largest absolute Gasteiger partial charge is 0.352 e. The lowest BCUT2D eigenvalue weighted by atomic mass is 9.92. The number of hydrogen-bond donors (Lipinski definition) is 2. The molecule has 18 heavy (non-hydrogen) atoms. The number of rotatable bonds is 2. The van der Waals surface area contributed by atoms with Crippen molar-refractivity contribution >= 4 is 11.8 Å². The van der Waals surface area contributed by atoms with E-state index in [0.29, 0.717) is 25.4 Å². The minimum absolute atomic E-state index is 0.0487. The molecule has 0 aliphatic carbocycles. The number of piperazine rings is 1. The van der Waals surface area contributed by atoms with Crippen LogP contribution in [0.2, 0.25) is 0 Å². The van der Waals surface area contributed by atoms with Crippen molar-refractivity contribution in [2.45, 2.75) is 38.6 Å². The second kappa shape index (κ2) is 5.26. The summed E-state index contributed by atoms with van der Waals surface area (Å²) >= 11 is 0. The van der Waals surface area contributed by atoms with E-state index in [-0.39, 0.29) is 11.8 Å².